The Kier molecular flexibility index (Phi) is 5.86. The number of amides is 1. The molecule has 3 rings (SSSR count). The number of halogens is 6. The van der Waals surface area contributed by atoms with E-state index in [0.717, 1.165) is 4.57 Å². The maximum Gasteiger partial charge on any atom is 0.451 e. The van der Waals surface area contributed by atoms with E-state index in [9.17, 15) is 35.9 Å². The minimum Gasteiger partial charge on any atom is -0.333 e. The summed E-state index contributed by atoms with van der Waals surface area (Å²) in [7, 11) is 0. The molecule has 1 aliphatic rings. The van der Waals surface area contributed by atoms with Gasteiger partial charge >= 0.3 is 6.18 Å². The fourth-order valence-corrected chi connectivity index (χ4v) is 3.27. The largest absolute Gasteiger partial charge is 0.451 e. The molecule has 6 nitrogen and oxygen atoms in total. The number of Topliss-reactive ketones (excluding diaryl/α,β-unsaturated/α-hetero) is 1. The quantitative estimate of drug-likeness (QED) is 0.536. The lowest BCUT2D eigenvalue weighted by Crippen LogP contribution is -2.40. The topological polar surface area (TPSA) is 68.1 Å². The van der Waals surface area contributed by atoms with Gasteiger partial charge in [-0.15, -0.1) is 10.2 Å². The fraction of sp³-hybridized carbons (Fsp3) is 0.444. The van der Waals surface area contributed by atoms with Crippen LogP contribution >= 0.6 is 0 Å². The maximum absolute atomic E-state index is 13.9. The van der Waals surface area contributed by atoms with Gasteiger partial charge in [0.15, 0.2) is 17.5 Å². The number of rotatable bonds is 5. The van der Waals surface area contributed by atoms with E-state index >= 15 is 0 Å². The number of hydrogen-bond donors (Lipinski definition) is 0. The van der Waals surface area contributed by atoms with Crippen molar-refractivity contribution in [2.45, 2.75) is 39.0 Å². The highest BCUT2D eigenvalue weighted by atomic mass is 19.4. The second kappa shape index (κ2) is 8.07. The predicted molar refractivity (Wildman–Crippen MR) is 89.2 cm³/mol. The molecule has 0 N–H and O–H groups in total. The molecule has 1 atom stereocenters. The highest BCUT2D eigenvalue weighted by Crippen LogP contribution is 2.29. The molecule has 2 aromatic rings. The monoisotopic (exact) mass is 434 g/mol. The number of carbonyl (C=O) groups excluding carboxylic acids is 2. The molecule has 0 radical (unpaired) electrons. The summed E-state index contributed by atoms with van der Waals surface area (Å²) < 4.78 is 79.9. The van der Waals surface area contributed by atoms with Crippen molar-refractivity contribution in [1.29, 1.82) is 0 Å². The summed E-state index contributed by atoms with van der Waals surface area (Å²) in [4.78, 5) is 25.7. The van der Waals surface area contributed by atoms with E-state index in [0.29, 0.717) is 12.1 Å². The molecule has 162 valence electrons. The lowest BCUT2D eigenvalue weighted by atomic mass is 9.92. The van der Waals surface area contributed by atoms with Gasteiger partial charge in [0.2, 0.25) is 11.7 Å². The van der Waals surface area contributed by atoms with Crippen molar-refractivity contribution in [3.63, 3.8) is 0 Å². The SMILES string of the molecule is CC(=O)C(CC(=O)N1CCn2c(nnc2C(F)(F)F)C1)Cc1cc(F)c(F)cc1F. The van der Waals surface area contributed by atoms with Gasteiger partial charge in [-0.05, 0) is 25.0 Å². The molecule has 0 saturated carbocycles. The molecule has 1 unspecified atom stereocenters. The van der Waals surface area contributed by atoms with Gasteiger partial charge in [0.25, 0.3) is 0 Å². The van der Waals surface area contributed by atoms with Gasteiger partial charge in [-0.25, -0.2) is 13.2 Å². The first-order valence-electron chi connectivity index (χ1n) is 8.88. The number of aromatic nitrogens is 3. The van der Waals surface area contributed by atoms with Crippen LogP contribution in [0.1, 0.15) is 30.6 Å². The number of carbonyl (C=O) groups is 2. The molecule has 0 aliphatic carbocycles. The molecular weight excluding hydrogens is 418 g/mol. The second-order valence-electron chi connectivity index (χ2n) is 6.98. The van der Waals surface area contributed by atoms with Gasteiger partial charge in [0, 0.05) is 31.5 Å². The molecular formula is C18H16F6N4O2. The summed E-state index contributed by atoms with van der Waals surface area (Å²) in [6.07, 6.45) is -5.37. The zero-order valence-corrected chi connectivity index (χ0v) is 15.6. The zero-order valence-electron chi connectivity index (χ0n) is 15.6. The smallest absolute Gasteiger partial charge is 0.333 e. The van der Waals surface area contributed by atoms with Crippen LogP contribution in [0.15, 0.2) is 12.1 Å². The average molecular weight is 434 g/mol. The summed E-state index contributed by atoms with van der Waals surface area (Å²) in [5.41, 5.74) is -0.255. The van der Waals surface area contributed by atoms with Crippen molar-refractivity contribution in [1.82, 2.24) is 19.7 Å². The van der Waals surface area contributed by atoms with Crippen molar-refractivity contribution in [3.05, 3.63) is 46.8 Å². The van der Waals surface area contributed by atoms with Crippen LogP contribution in [-0.4, -0.2) is 37.9 Å². The summed E-state index contributed by atoms with van der Waals surface area (Å²) in [5.74, 6) is -6.93. The lowest BCUT2D eigenvalue weighted by Gasteiger charge is -2.29. The van der Waals surface area contributed by atoms with Crippen molar-refractivity contribution in [2.75, 3.05) is 6.54 Å². The molecule has 30 heavy (non-hydrogen) atoms. The standard InChI is InChI=1S/C18H16F6N4O2/c1-9(29)10(4-11-5-13(20)14(21)7-12(11)19)6-16(30)27-2-3-28-15(8-27)25-26-17(28)18(22,23)24/h5,7,10H,2-4,6,8H2,1H3. The van der Waals surface area contributed by atoms with E-state index in [-0.39, 0.29) is 43.9 Å². The third-order valence-electron chi connectivity index (χ3n) is 4.91. The molecule has 1 aromatic carbocycles. The molecule has 1 aliphatic heterocycles. The molecule has 0 bridgehead atoms. The first-order chi connectivity index (χ1) is 14.0. The van der Waals surface area contributed by atoms with Crippen molar-refractivity contribution in [3.8, 4) is 0 Å². The minimum absolute atomic E-state index is 0.0482. The Labute approximate surface area is 166 Å². The van der Waals surface area contributed by atoms with E-state index in [1.54, 1.807) is 0 Å². The Bertz CT molecular complexity index is 988. The van der Waals surface area contributed by atoms with Crippen LogP contribution in [0.4, 0.5) is 26.3 Å². The van der Waals surface area contributed by atoms with Crippen LogP contribution in [0, 0.1) is 23.4 Å². The third-order valence-corrected chi connectivity index (χ3v) is 4.91. The Morgan fingerprint density at radius 2 is 1.73 bits per heavy atom. The van der Waals surface area contributed by atoms with E-state index < -0.39 is 47.1 Å². The van der Waals surface area contributed by atoms with Gasteiger partial charge in [0.1, 0.15) is 11.6 Å². The fourth-order valence-electron chi connectivity index (χ4n) is 3.27. The number of hydrogen-bond acceptors (Lipinski definition) is 4. The number of fused-ring (bicyclic) bond motifs is 1. The molecule has 12 heteroatoms. The average Bonchev–Trinajstić information content (AvgIpc) is 3.08. The van der Waals surface area contributed by atoms with Crippen LogP contribution in [0.3, 0.4) is 0 Å². The molecule has 1 aromatic heterocycles. The Hall–Kier alpha value is -2.92. The molecule has 1 amide bonds. The summed E-state index contributed by atoms with van der Waals surface area (Å²) in [6, 6.07) is 0.993. The number of alkyl halides is 3. The molecule has 0 fully saturated rings. The normalized spacial score (nSPS) is 15.1. The lowest BCUT2D eigenvalue weighted by molar-refractivity contribution is -0.148. The van der Waals surface area contributed by atoms with Crippen molar-refractivity contribution in [2.24, 2.45) is 5.92 Å². The molecule has 2 heterocycles. The first-order valence-corrected chi connectivity index (χ1v) is 8.88. The van der Waals surface area contributed by atoms with Crippen LogP contribution in [0.25, 0.3) is 0 Å². The Morgan fingerprint density at radius 3 is 2.37 bits per heavy atom. The van der Waals surface area contributed by atoms with Gasteiger partial charge < -0.3 is 9.47 Å². The number of nitrogens with zero attached hydrogens (tertiary/aromatic N) is 4. The molecule has 0 saturated heterocycles. The number of benzene rings is 1. The highest BCUT2D eigenvalue weighted by molar-refractivity contribution is 5.86. The summed E-state index contributed by atoms with van der Waals surface area (Å²) >= 11 is 0. The number of ketones is 1. The second-order valence-corrected chi connectivity index (χ2v) is 6.98. The van der Waals surface area contributed by atoms with E-state index in [1.165, 1.54) is 11.8 Å². The van der Waals surface area contributed by atoms with Crippen LogP contribution < -0.4 is 0 Å². The summed E-state index contributed by atoms with van der Waals surface area (Å²) in [6.45, 7) is 0.715. The van der Waals surface area contributed by atoms with Crippen LogP contribution in [0.2, 0.25) is 0 Å². The summed E-state index contributed by atoms with van der Waals surface area (Å²) in [5, 5.41) is 6.59. The van der Waals surface area contributed by atoms with Crippen molar-refractivity contribution < 1.29 is 35.9 Å². The molecule has 0 spiro atoms. The zero-order chi connectivity index (χ0) is 22.2. The highest BCUT2D eigenvalue weighted by Gasteiger charge is 2.40. The first kappa shape index (κ1) is 21.8. The van der Waals surface area contributed by atoms with Crippen molar-refractivity contribution >= 4 is 11.7 Å². The minimum atomic E-state index is -4.67. The van der Waals surface area contributed by atoms with E-state index in [1.807, 2.05) is 0 Å². The van der Waals surface area contributed by atoms with Gasteiger partial charge in [0.05, 0.1) is 6.54 Å². The van der Waals surface area contributed by atoms with E-state index in [2.05, 4.69) is 10.2 Å². The van der Waals surface area contributed by atoms with Crippen LogP contribution in [-0.2, 0) is 35.3 Å². The van der Waals surface area contributed by atoms with Crippen LogP contribution in [0.5, 0.6) is 0 Å². The Balaban J connectivity index is 1.71. The van der Waals surface area contributed by atoms with Gasteiger partial charge in [-0.3, -0.25) is 9.59 Å². The maximum atomic E-state index is 13.9. The van der Waals surface area contributed by atoms with E-state index in [4.69, 9.17) is 0 Å². The van der Waals surface area contributed by atoms with Gasteiger partial charge in [-0.2, -0.15) is 13.2 Å². The Morgan fingerprint density at radius 1 is 1.07 bits per heavy atom. The predicted octanol–water partition coefficient (Wildman–Crippen LogP) is 2.89. The van der Waals surface area contributed by atoms with Gasteiger partial charge in [-0.1, -0.05) is 0 Å². The third kappa shape index (κ3) is 4.46.